The molecule has 0 radical (unpaired) electrons. The molecule has 0 saturated carbocycles. The van der Waals surface area contributed by atoms with E-state index in [9.17, 15) is 18.0 Å². The Morgan fingerprint density at radius 2 is 1.79 bits per heavy atom. The molecule has 2 amide bonds. The molecule has 180 valence electrons. The number of piperidine rings is 1. The summed E-state index contributed by atoms with van der Waals surface area (Å²) in [5, 5.41) is 0. The zero-order chi connectivity index (χ0) is 23.9. The smallest absolute Gasteiger partial charge is 0.265 e. The van der Waals surface area contributed by atoms with Crippen LogP contribution in [0.3, 0.4) is 0 Å². The first-order valence-electron chi connectivity index (χ1n) is 11.7. The summed E-state index contributed by atoms with van der Waals surface area (Å²) in [5.74, 6) is 0.375. The molecule has 34 heavy (non-hydrogen) atoms. The van der Waals surface area contributed by atoms with Gasteiger partial charge in [-0.15, -0.1) is 0 Å². The first kappa shape index (κ1) is 22.9. The van der Waals surface area contributed by atoms with E-state index < -0.39 is 10.0 Å². The van der Waals surface area contributed by atoms with Gasteiger partial charge in [-0.25, -0.2) is 8.42 Å². The maximum absolute atomic E-state index is 13.3. The molecule has 0 unspecified atom stereocenters. The number of amides is 2. The van der Waals surface area contributed by atoms with Crippen molar-refractivity contribution in [1.29, 1.82) is 0 Å². The van der Waals surface area contributed by atoms with E-state index in [1.165, 1.54) is 26.9 Å². The molecule has 2 aromatic rings. The Morgan fingerprint density at radius 3 is 2.56 bits per heavy atom. The Hall–Kier alpha value is -2.91. The quantitative estimate of drug-likeness (QED) is 0.667. The summed E-state index contributed by atoms with van der Waals surface area (Å²) in [6, 6.07) is 12.6. The minimum Gasteiger partial charge on any atom is -0.482 e. The maximum atomic E-state index is 13.3. The fourth-order valence-electron chi connectivity index (χ4n) is 4.83. The normalized spacial score (nSPS) is 19.4. The molecule has 3 aliphatic rings. The van der Waals surface area contributed by atoms with E-state index >= 15 is 0 Å². The molecule has 0 spiro atoms. The average molecular weight is 484 g/mol. The number of nitrogens with zero attached hydrogens (tertiary/aromatic N) is 3. The van der Waals surface area contributed by atoms with Crippen molar-refractivity contribution in [2.24, 2.45) is 5.92 Å². The topological polar surface area (TPSA) is 87.2 Å². The van der Waals surface area contributed by atoms with Gasteiger partial charge in [0.2, 0.25) is 15.9 Å². The third kappa shape index (κ3) is 4.30. The molecular formula is C25H29N3O5S. The van der Waals surface area contributed by atoms with Crippen LogP contribution in [0.25, 0.3) is 0 Å². The maximum Gasteiger partial charge on any atom is 0.265 e. The minimum absolute atomic E-state index is 0.114. The monoisotopic (exact) mass is 483 g/mol. The summed E-state index contributed by atoms with van der Waals surface area (Å²) in [7, 11) is -3.70. The number of fused-ring (bicyclic) bond motifs is 2. The van der Waals surface area contributed by atoms with Crippen molar-refractivity contribution < 1.29 is 22.7 Å². The van der Waals surface area contributed by atoms with Crippen molar-refractivity contribution in [2.75, 3.05) is 37.7 Å². The van der Waals surface area contributed by atoms with Crippen LogP contribution in [0.15, 0.2) is 47.4 Å². The molecular weight excluding hydrogens is 454 g/mol. The van der Waals surface area contributed by atoms with Crippen LogP contribution in [0, 0.1) is 5.92 Å². The van der Waals surface area contributed by atoms with E-state index in [1.54, 1.807) is 11.0 Å². The van der Waals surface area contributed by atoms with Gasteiger partial charge in [-0.2, -0.15) is 4.31 Å². The van der Waals surface area contributed by atoms with Crippen molar-refractivity contribution >= 4 is 27.5 Å². The fourth-order valence-corrected chi connectivity index (χ4v) is 6.32. The first-order chi connectivity index (χ1) is 16.3. The number of rotatable bonds is 4. The van der Waals surface area contributed by atoms with E-state index in [4.69, 9.17) is 4.74 Å². The number of anilines is 1. The second-order valence-corrected chi connectivity index (χ2v) is 11.3. The van der Waals surface area contributed by atoms with E-state index in [1.807, 2.05) is 18.2 Å². The van der Waals surface area contributed by atoms with Crippen LogP contribution in [0.1, 0.15) is 30.9 Å². The fraction of sp³-hybridized carbons (Fsp3) is 0.440. The largest absolute Gasteiger partial charge is 0.482 e. The highest BCUT2D eigenvalue weighted by Crippen LogP contribution is 2.36. The van der Waals surface area contributed by atoms with Crippen molar-refractivity contribution in [2.45, 2.75) is 37.6 Å². The third-order valence-corrected chi connectivity index (χ3v) is 8.93. The van der Waals surface area contributed by atoms with Gasteiger partial charge in [0.25, 0.3) is 5.91 Å². The number of benzene rings is 2. The molecule has 0 N–H and O–H groups in total. The highest BCUT2D eigenvalue weighted by Gasteiger charge is 2.33. The lowest BCUT2D eigenvalue weighted by molar-refractivity contribution is -0.132. The Balaban J connectivity index is 1.38. The van der Waals surface area contributed by atoms with Gasteiger partial charge in [0, 0.05) is 26.2 Å². The van der Waals surface area contributed by atoms with Crippen LogP contribution in [-0.2, 0) is 32.6 Å². The minimum atomic E-state index is -3.70. The van der Waals surface area contributed by atoms with Gasteiger partial charge >= 0.3 is 0 Å². The van der Waals surface area contributed by atoms with Gasteiger partial charge in [0.1, 0.15) is 12.3 Å². The standard InChI is InChI=1S/C25H29N3O5S/c1-18-8-12-27(13-9-18)34(31,32)21-6-7-23-22(14-21)28(25(30)17-33-23)16-24(29)26-11-10-19-4-2-3-5-20(19)15-26/h2-7,14,18H,8-13,15-17H2,1H3. The molecule has 8 nitrogen and oxygen atoms in total. The van der Waals surface area contributed by atoms with Gasteiger partial charge in [-0.3, -0.25) is 14.5 Å². The Kier molecular flexibility index (Phi) is 6.07. The number of sulfonamides is 1. The van der Waals surface area contributed by atoms with Gasteiger partial charge in [0.15, 0.2) is 6.61 Å². The number of hydrogen-bond acceptors (Lipinski definition) is 5. The molecule has 3 aliphatic heterocycles. The summed E-state index contributed by atoms with van der Waals surface area (Å²) >= 11 is 0. The summed E-state index contributed by atoms with van der Waals surface area (Å²) in [6.45, 7) is 3.84. The third-order valence-electron chi connectivity index (χ3n) is 7.03. The van der Waals surface area contributed by atoms with Crippen molar-refractivity contribution in [3.05, 3.63) is 53.6 Å². The molecule has 3 heterocycles. The van der Waals surface area contributed by atoms with Crippen LogP contribution in [0.4, 0.5) is 5.69 Å². The SMILES string of the molecule is CC1CCN(S(=O)(=O)c2ccc3c(c2)N(CC(=O)N2CCc4ccccc4C2)C(=O)CO3)CC1. The zero-order valence-corrected chi connectivity index (χ0v) is 20.1. The average Bonchev–Trinajstić information content (AvgIpc) is 2.85. The molecule has 1 saturated heterocycles. The van der Waals surface area contributed by atoms with Gasteiger partial charge in [-0.05, 0) is 54.5 Å². The molecule has 0 aliphatic carbocycles. The molecule has 2 aromatic carbocycles. The molecule has 0 aromatic heterocycles. The molecule has 9 heteroatoms. The molecule has 0 bridgehead atoms. The van der Waals surface area contributed by atoms with E-state index in [0.29, 0.717) is 43.5 Å². The number of carbonyl (C=O) groups excluding carboxylic acids is 2. The van der Waals surface area contributed by atoms with Crippen LogP contribution in [0.2, 0.25) is 0 Å². The highest BCUT2D eigenvalue weighted by atomic mass is 32.2. The van der Waals surface area contributed by atoms with Crippen molar-refractivity contribution in [3.63, 3.8) is 0 Å². The predicted octanol–water partition coefficient (Wildman–Crippen LogP) is 2.42. The van der Waals surface area contributed by atoms with Crippen LogP contribution in [0.5, 0.6) is 5.75 Å². The van der Waals surface area contributed by atoms with Gasteiger partial charge in [0.05, 0.1) is 10.6 Å². The van der Waals surface area contributed by atoms with Crippen molar-refractivity contribution in [3.8, 4) is 5.75 Å². The summed E-state index contributed by atoms with van der Waals surface area (Å²) < 4.78 is 33.6. The second-order valence-electron chi connectivity index (χ2n) is 9.32. The Labute approximate surface area is 200 Å². The van der Waals surface area contributed by atoms with E-state index in [2.05, 4.69) is 13.0 Å². The van der Waals surface area contributed by atoms with Gasteiger partial charge in [-0.1, -0.05) is 31.2 Å². The van der Waals surface area contributed by atoms with Crippen LogP contribution < -0.4 is 9.64 Å². The molecule has 1 fully saturated rings. The molecule has 5 rings (SSSR count). The number of carbonyl (C=O) groups is 2. The summed E-state index contributed by atoms with van der Waals surface area (Å²) in [5.41, 5.74) is 2.68. The van der Waals surface area contributed by atoms with E-state index in [0.717, 1.165) is 24.8 Å². The highest BCUT2D eigenvalue weighted by molar-refractivity contribution is 7.89. The number of ether oxygens (including phenoxy) is 1. The molecule has 0 atom stereocenters. The van der Waals surface area contributed by atoms with Crippen molar-refractivity contribution in [1.82, 2.24) is 9.21 Å². The predicted molar refractivity (Wildman–Crippen MR) is 127 cm³/mol. The van der Waals surface area contributed by atoms with Crippen LogP contribution in [-0.4, -0.2) is 62.2 Å². The Bertz CT molecular complexity index is 1220. The van der Waals surface area contributed by atoms with Gasteiger partial charge < -0.3 is 9.64 Å². The number of hydrogen-bond donors (Lipinski definition) is 0. The summed E-state index contributed by atoms with van der Waals surface area (Å²) in [4.78, 5) is 29.1. The Morgan fingerprint density at radius 1 is 1.06 bits per heavy atom. The second kappa shape index (κ2) is 9.03. The van der Waals surface area contributed by atoms with Crippen LogP contribution >= 0.6 is 0 Å². The van der Waals surface area contributed by atoms with E-state index in [-0.39, 0.29) is 29.9 Å². The lowest BCUT2D eigenvalue weighted by atomic mass is 10.00. The summed E-state index contributed by atoms with van der Waals surface area (Å²) in [6.07, 6.45) is 2.42. The first-order valence-corrected chi connectivity index (χ1v) is 13.2. The lowest BCUT2D eigenvalue weighted by Gasteiger charge is -2.34. The lowest BCUT2D eigenvalue weighted by Crippen LogP contribution is -2.47. The zero-order valence-electron chi connectivity index (χ0n) is 19.3.